The van der Waals surface area contributed by atoms with Gasteiger partial charge in [0.2, 0.25) is 0 Å². The van der Waals surface area contributed by atoms with Crippen molar-refractivity contribution in [3.63, 3.8) is 0 Å². The molecule has 0 bridgehead atoms. The van der Waals surface area contributed by atoms with Crippen LogP contribution >= 0.6 is 27.5 Å². The summed E-state index contributed by atoms with van der Waals surface area (Å²) in [6, 6.07) is 6.10. The number of halogens is 2. The maximum absolute atomic E-state index is 6.15. The molecule has 1 aromatic carbocycles. The predicted octanol–water partition coefficient (Wildman–Crippen LogP) is 4.18. The average molecular weight is 333 g/mol. The minimum absolute atomic E-state index is 0.181. The van der Waals surface area contributed by atoms with Gasteiger partial charge in [-0.3, -0.25) is 0 Å². The van der Waals surface area contributed by atoms with Crippen LogP contribution in [0.15, 0.2) is 22.7 Å². The zero-order valence-electron chi connectivity index (χ0n) is 10.6. The van der Waals surface area contributed by atoms with E-state index in [0.717, 1.165) is 35.6 Å². The van der Waals surface area contributed by atoms with Crippen LogP contribution in [-0.4, -0.2) is 19.7 Å². The third-order valence-electron chi connectivity index (χ3n) is 3.32. The zero-order chi connectivity index (χ0) is 13.0. The van der Waals surface area contributed by atoms with E-state index >= 15 is 0 Å². The second-order valence-electron chi connectivity index (χ2n) is 4.72. The van der Waals surface area contributed by atoms with E-state index < -0.39 is 0 Å². The molecule has 4 heteroatoms. The molecule has 1 saturated heterocycles. The fourth-order valence-corrected chi connectivity index (χ4v) is 2.80. The number of hydrogen-bond acceptors (Lipinski definition) is 2. The standard InChI is InChI=1S/C14H19BrClNO/c1-2-6-17-9-11-5-7-18-14(11)10-3-4-12(15)13(16)8-10/h3-4,8,11,14,17H,2,5-7,9H2,1H3. The van der Waals surface area contributed by atoms with Gasteiger partial charge in [0.15, 0.2) is 0 Å². The van der Waals surface area contributed by atoms with Gasteiger partial charge in [0.1, 0.15) is 0 Å². The van der Waals surface area contributed by atoms with Crippen molar-refractivity contribution in [2.45, 2.75) is 25.9 Å². The highest BCUT2D eigenvalue weighted by atomic mass is 79.9. The Hall–Kier alpha value is -0.0900. The first kappa shape index (κ1) is 14.3. The lowest BCUT2D eigenvalue weighted by molar-refractivity contribution is 0.0905. The predicted molar refractivity (Wildman–Crippen MR) is 79.1 cm³/mol. The van der Waals surface area contributed by atoms with Gasteiger partial charge in [-0.25, -0.2) is 0 Å². The van der Waals surface area contributed by atoms with Crippen molar-refractivity contribution < 1.29 is 4.74 Å². The average Bonchev–Trinajstić information content (AvgIpc) is 2.81. The summed E-state index contributed by atoms with van der Waals surface area (Å²) < 4.78 is 6.80. The molecule has 1 aliphatic heterocycles. The largest absolute Gasteiger partial charge is 0.373 e. The van der Waals surface area contributed by atoms with Crippen LogP contribution in [0.2, 0.25) is 5.02 Å². The van der Waals surface area contributed by atoms with Crippen LogP contribution < -0.4 is 5.32 Å². The molecule has 2 atom stereocenters. The van der Waals surface area contributed by atoms with Crippen molar-refractivity contribution in [1.29, 1.82) is 0 Å². The summed E-state index contributed by atoms with van der Waals surface area (Å²) in [5.74, 6) is 0.550. The van der Waals surface area contributed by atoms with Crippen molar-refractivity contribution in [3.05, 3.63) is 33.3 Å². The van der Waals surface area contributed by atoms with E-state index in [1.807, 2.05) is 12.1 Å². The summed E-state index contributed by atoms with van der Waals surface area (Å²) >= 11 is 9.57. The Bertz CT molecular complexity index is 399. The molecule has 18 heavy (non-hydrogen) atoms. The molecule has 2 unspecified atom stereocenters. The lowest BCUT2D eigenvalue weighted by Crippen LogP contribution is -2.25. The van der Waals surface area contributed by atoms with Gasteiger partial charge in [-0.1, -0.05) is 24.6 Å². The summed E-state index contributed by atoms with van der Waals surface area (Å²) in [5.41, 5.74) is 1.18. The number of nitrogens with one attached hydrogen (secondary N) is 1. The Labute approximate surface area is 122 Å². The van der Waals surface area contributed by atoms with Crippen molar-refractivity contribution in [2.75, 3.05) is 19.7 Å². The Morgan fingerprint density at radius 2 is 2.33 bits per heavy atom. The SMILES string of the molecule is CCCNCC1CCOC1c1ccc(Br)c(Cl)c1. The maximum atomic E-state index is 6.15. The molecule has 0 spiro atoms. The Kier molecular flexibility index (Phi) is 5.49. The summed E-state index contributed by atoms with van der Waals surface area (Å²) in [7, 11) is 0. The first-order valence-corrected chi connectivity index (χ1v) is 7.66. The molecule has 2 nitrogen and oxygen atoms in total. The minimum Gasteiger partial charge on any atom is -0.373 e. The van der Waals surface area contributed by atoms with E-state index in [2.05, 4.69) is 34.2 Å². The Morgan fingerprint density at radius 1 is 1.50 bits per heavy atom. The lowest BCUT2D eigenvalue weighted by Gasteiger charge is -2.19. The first-order chi connectivity index (χ1) is 8.72. The molecule has 1 heterocycles. The zero-order valence-corrected chi connectivity index (χ0v) is 12.9. The van der Waals surface area contributed by atoms with Gasteiger partial charge in [-0.05, 0) is 53.0 Å². The van der Waals surface area contributed by atoms with Crippen LogP contribution in [0.4, 0.5) is 0 Å². The number of benzene rings is 1. The quantitative estimate of drug-likeness (QED) is 0.817. The number of ether oxygens (including phenoxy) is 1. The molecule has 2 rings (SSSR count). The summed E-state index contributed by atoms with van der Waals surface area (Å²) in [4.78, 5) is 0. The van der Waals surface area contributed by atoms with Gasteiger partial charge < -0.3 is 10.1 Å². The molecule has 100 valence electrons. The molecule has 0 radical (unpaired) electrons. The number of hydrogen-bond donors (Lipinski definition) is 1. The van der Waals surface area contributed by atoms with Crippen LogP contribution in [0.5, 0.6) is 0 Å². The monoisotopic (exact) mass is 331 g/mol. The molecule has 0 amide bonds. The first-order valence-electron chi connectivity index (χ1n) is 6.49. The van der Waals surface area contributed by atoms with Gasteiger partial charge in [0.05, 0.1) is 11.1 Å². The van der Waals surface area contributed by atoms with Crippen molar-refractivity contribution >= 4 is 27.5 Å². The van der Waals surface area contributed by atoms with E-state index in [1.165, 1.54) is 12.0 Å². The fourth-order valence-electron chi connectivity index (χ4n) is 2.36. The van der Waals surface area contributed by atoms with E-state index in [4.69, 9.17) is 16.3 Å². The third kappa shape index (κ3) is 3.47. The highest BCUT2D eigenvalue weighted by molar-refractivity contribution is 9.10. The summed E-state index contributed by atoms with van der Waals surface area (Å²) in [6.45, 7) is 5.12. The van der Waals surface area contributed by atoms with E-state index in [0.29, 0.717) is 5.92 Å². The molecule has 1 fully saturated rings. The van der Waals surface area contributed by atoms with Gasteiger partial charge in [0.25, 0.3) is 0 Å². The van der Waals surface area contributed by atoms with Gasteiger partial charge in [-0.15, -0.1) is 0 Å². The van der Waals surface area contributed by atoms with Crippen LogP contribution in [0.3, 0.4) is 0 Å². The molecule has 1 N–H and O–H groups in total. The molecular formula is C14H19BrClNO. The van der Waals surface area contributed by atoms with Crippen molar-refractivity contribution in [1.82, 2.24) is 5.32 Å². The highest BCUT2D eigenvalue weighted by Gasteiger charge is 2.29. The molecule has 0 aromatic heterocycles. The molecule has 1 aliphatic rings. The van der Waals surface area contributed by atoms with Crippen LogP contribution in [0.1, 0.15) is 31.4 Å². The van der Waals surface area contributed by atoms with E-state index in [9.17, 15) is 0 Å². The van der Waals surface area contributed by atoms with Crippen molar-refractivity contribution in [3.8, 4) is 0 Å². The van der Waals surface area contributed by atoms with Crippen LogP contribution in [0.25, 0.3) is 0 Å². The molecule has 0 aliphatic carbocycles. The maximum Gasteiger partial charge on any atom is 0.0866 e. The lowest BCUT2D eigenvalue weighted by atomic mass is 9.95. The van der Waals surface area contributed by atoms with E-state index in [-0.39, 0.29) is 6.10 Å². The van der Waals surface area contributed by atoms with Crippen molar-refractivity contribution in [2.24, 2.45) is 5.92 Å². The normalized spacial score (nSPS) is 23.5. The van der Waals surface area contributed by atoms with Gasteiger partial charge in [0, 0.05) is 23.5 Å². The van der Waals surface area contributed by atoms with Gasteiger partial charge >= 0.3 is 0 Å². The van der Waals surface area contributed by atoms with Gasteiger partial charge in [-0.2, -0.15) is 0 Å². The second-order valence-corrected chi connectivity index (χ2v) is 5.98. The topological polar surface area (TPSA) is 21.3 Å². The minimum atomic E-state index is 0.181. The fraction of sp³-hybridized carbons (Fsp3) is 0.571. The number of rotatable bonds is 5. The molecule has 1 aromatic rings. The summed E-state index contributed by atoms with van der Waals surface area (Å²) in [5, 5.41) is 4.23. The third-order valence-corrected chi connectivity index (χ3v) is 4.55. The highest BCUT2D eigenvalue weighted by Crippen LogP contribution is 2.36. The smallest absolute Gasteiger partial charge is 0.0866 e. The Balaban J connectivity index is 2.03. The second kappa shape index (κ2) is 6.90. The van der Waals surface area contributed by atoms with Crippen LogP contribution in [-0.2, 0) is 4.74 Å². The Morgan fingerprint density at radius 3 is 3.06 bits per heavy atom. The van der Waals surface area contributed by atoms with Crippen LogP contribution in [0, 0.1) is 5.92 Å². The summed E-state index contributed by atoms with van der Waals surface area (Å²) in [6.07, 6.45) is 2.47. The van der Waals surface area contributed by atoms with E-state index in [1.54, 1.807) is 0 Å². The molecule has 0 saturated carbocycles. The molecular weight excluding hydrogens is 314 g/mol.